The third kappa shape index (κ3) is 5.13. The van der Waals surface area contributed by atoms with Crippen molar-refractivity contribution in [1.82, 2.24) is 14.8 Å². The minimum Gasteiger partial charge on any atom is -0.497 e. The summed E-state index contributed by atoms with van der Waals surface area (Å²) in [7, 11) is 1.58. The van der Waals surface area contributed by atoms with Crippen molar-refractivity contribution in [2.75, 3.05) is 12.4 Å². The first-order chi connectivity index (χ1) is 17.0. The van der Waals surface area contributed by atoms with Crippen LogP contribution >= 0.6 is 35.5 Å². The number of para-hydroxylation sites is 1. The van der Waals surface area contributed by atoms with Gasteiger partial charge in [0.2, 0.25) is 0 Å². The summed E-state index contributed by atoms with van der Waals surface area (Å²) >= 11 is 2.91. The molecule has 10 heteroatoms. The number of hydrogen-bond donors (Lipinski definition) is 1. The Labute approximate surface area is 221 Å². The molecule has 0 saturated carbocycles. The largest absolute Gasteiger partial charge is 0.497 e. The van der Waals surface area contributed by atoms with Gasteiger partial charge in [0.25, 0.3) is 11.5 Å². The second kappa shape index (κ2) is 10.9. The van der Waals surface area contributed by atoms with Crippen molar-refractivity contribution in [3.8, 4) is 11.4 Å². The molecular weight excluding hydrogens is 516 g/mol. The van der Waals surface area contributed by atoms with Crippen LogP contribution in [-0.4, -0.2) is 27.8 Å². The number of methoxy groups -OCH3 is 1. The molecule has 5 aromatic rings. The molecule has 5 rings (SSSR count). The van der Waals surface area contributed by atoms with E-state index in [2.05, 4.69) is 15.4 Å². The number of benzene rings is 3. The lowest BCUT2D eigenvalue weighted by Crippen LogP contribution is -2.28. The highest BCUT2D eigenvalue weighted by molar-refractivity contribution is 8.01. The molecule has 0 unspecified atom stereocenters. The molecule has 1 amide bonds. The maximum Gasteiger partial charge on any atom is 0.295 e. The van der Waals surface area contributed by atoms with Gasteiger partial charge in [0, 0.05) is 11.1 Å². The molecule has 0 spiro atoms. The molecule has 0 saturated heterocycles. The van der Waals surface area contributed by atoms with Crippen LogP contribution < -0.4 is 15.6 Å². The van der Waals surface area contributed by atoms with Gasteiger partial charge in [0.15, 0.2) is 4.34 Å². The summed E-state index contributed by atoms with van der Waals surface area (Å²) in [6.07, 6.45) is 0. The Hall–Kier alpha value is -3.66. The number of aromatic nitrogens is 3. The zero-order valence-corrected chi connectivity index (χ0v) is 21.7. The molecule has 0 fully saturated rings. The quantitative estimate of drug-likeness (QED) is 0.287. The van der Waals surface area contributed by atoms with E-state index in [-0.39, 0.29) is 24.0 Å². The van der Waals surface area contributed by atoms with Crippen molar-refractivity contribution in [1.29, 1.82) is 0 Å². The molecule has 2 heterocycles. The number of amides is 1. The van der Waals surface area contributed by atoms with Crippen LogP contribution in [-0.2, 0) is 0 Å². The number of halogens is 1. The second-order valence-electron chi connectivity index (χ2n) is 7.59. The van der Waals surface area contributed by atoms with Gasteiger partial charge in [0.1, 0.15) is 16.5 Å². The van der Waals surface area contributed by atoms with Crippen molar-refractivity contribution in [3.63, 3.8) is 0 Å². The van der Waals surface area contributed by atoms with Crippen LogP contribution in [0.15, 0.2) is 93.0 Å². The molecule has 7 nitrogen and oxygen atoms in total. The van der Waals surface area contributed by atoms with Gasteiger partial charge in [-0.2, -0.15) is 9.78 Å². The van der Waals surface area contributed by atoms with Crippen molar-refractivity contribution in [3.05, 3.63) is 100 Å². The first-order valence-corrected chi connectivity index (χ1v) is 12.3. The highest BCUT2D eigenvalue weighted by Crippen LogP contribution is 2.36. The lowest BCUT2D eigenvalue weighted by Gasteiger charge is -2.14. The van der Waals surface area contributed by atoms with E-state index in [1.165, 1.54) is 16.4 Å². The van der Waals surface area contributed by atoms with E-state index >= 15 is 0 Å². The first kappa shape index (κ1) is 25.4. The smallest absolute Gasteiger partial charge is 0.295 e. The molecule has 3 aromatic carbocycles. The number of carbonyl (C=O) groups excluding carboxylic acids is 1. The molecule has 0 aliphatic rings. The van der Waals surface area contributed by atoms with Crippen molar-refractivity contribution in [2.24, 2.45) is 0 Å². The standard InChI is InChI=1S/C26H20N4O3S2.ClH/c1-16-22(28-23(31)17-8-4-3-5-9-17)25(32)30(18-12-14-19(33-2)15-13-18)29-24(16)35-26-27-20-10-6-7-11-21(20)34-26;/h3-15H,1-2H3,(H,28,31);1H. The Balaban J connectivity index is 0.00000304. The van der Waals surface area contributed by atoms with Crippen LogP contribution in [0, 0.1) is 6.92 Å². The maximum absolute atomic E-state index is 13.5. The number of nitrogens with zero attached hydrogens (tertiary/aromatic N) is 3. The highest BCUT2D eigenvalue weighted by atomic mass is 35.5. The fourth-order valence-electron chi connectivity index (χ4n) is 3.48. The lowest BCUT2D eigenvalue weighted by atomic mass is 10.2. The molecule has 1 N–H and O–H groups in total. The monoisotopic (exact) mass is 536 g/mol. The van der Waals surface area contributed by atoms with E-state index in [4.69, 9.17) is 4.74 Å². The summed E-state index contributed by atoms with van der Waals surface area (Å²) in [6, 6.07) is 23.7. The number of ether oxygens (including phenoxy) is 1. The molecule has 182 valence electrons. The molecule has 0 radical (unpaired) electrons. The van der Waals surface area contributed by atoms with Gasteiger partial charge in [-0.15, -0.1) is 23.7 Å². The van der Waals surface area contributed by atoms with Gasteiger partial charge in [0.05, 0.1) is 23.0 Å². The molecule has 0 atom stereocenters. The summed E-state index contributed by atoms with van der Waals surface area (Å²) in [4.78, 5) is 31.1. The zero-order valence-electron chi connectivity index (χ0n) is 19.3. The Morgan fingerprint density at radius 3 is 2.39 bits per heavy atom. The van der Waals surface area contributed by atoms with Crippen LogP contribution in [0.25, 0.3) is 15.9 Å². The number of carbonyl (C=O) groups is 1. The van der Waals surface area contributed by atoms with Gasteiger partial charge < -0.3 is 10.1 Å². The molecule has 0 bridgehead atoms. The minimum absolute atomic E-state index is 0. The van der Waals surface area contributed by atoms with Gasteiger partial charge in [-0.25, -0.2) is 4.98 Å². The topological polar surface area (TPSA) is 86.1 Å². The summed E-state index contributed by atoms with van der Waals surface area (Å²) < 4.78 is 8.39. The van der Waals surface area contributed by atoms with Crippen LogP contribution in [0.2, 0.25) is 0 Å². The number of rotatable bonds is 6. The predicted octanol–water partition coefficient (Wildman–Crippen LogP) is 5.98. The van der Waals surface area contributed by atoms with Gasteiger partial charge in [-0.1, -0.05) is 30.3 Å². The van der Waals surface area contributed by atoms with Crippen molar-refractivity contribution in [2.45, 2.75) is 16.3 Å². The number of fused-ring (bicyclic) bond motifs is 1. The lowest BCUT2D eigenvalue weighted by molar-refractivity contribution is 0.102. The van der Waals surface area contributed by atoms with E-state index in [0.717, 1.165) is 14.6 Å². The van der Waals surface area contributed by atoms with Gasteiger partial charge in [-0.05, 0) is 67.2 Å². The maximum atomic E-state index is 13.5. The molecular formula is C26H21ClN4O3S2. The normalized spacial score (nSPS) is 10.6. The van der Waals surface area contributed by atoms with Crippen molar-refractivity contribution < 1.29 is 9.53 Å². The van der Waals surface area contributed by atoms with Crippen LogP contribution in [0.3, 0.4) is 0 Å². The summed E-state index contributed by atoms with van der Waals surface area (Å²) in [5, 5.41) is 8.03. The molecule has 0 aliphatic carbocycles. The number of anilines is 1. The second-order valence-corrected chi connectivity index (χ2v) is 9.86. The molecule has 0 aliphatic heterocycles. The molecule has 36 heavy (non-hydrogen) atoms. The Kier molecular flexibility index (Phi) is 7.73. The summed E-state index contributed by atoms with van der Waals surface area (Å²) in [6.45, 7) is 1.78. The number of nitrogens with one attached hydrogen (secondary N) is 1. The third-order valence-corrected chi connectivity index (χ3v) is 7.52. The Bertz CT molecular complexity index is 1550. The summed E-state index contributed by atoms with van der Waals surface area (Å²) in [5.74, 6) is 0.296. The predicted molar refractivity (Wildman–Crippen MR) is 147 cm³/mol. The zero-order chi connectivity index (χ0) is 24.4. The Morgan fingerprint density at radius 2 is 1.69 bits per heavy atom. The summed E-state index contributed by atoms with van der Waals surface area (Å²) in [5.41, 5.74) is 2.24. The van der Waals surface area contributed by atoms with E-state index in [0.29, 0.717) is 27.6 Å². The third-order valence-electron chi connectivity index (χ3n) is 5.34. The molecule has 2 aromatic heterocycles. The van der Waals surface area contributed by atoms with Gasteiger partial charge in [-0.3, -0.25) is 9.59 Å². The van der Waals surface area contributed by atoms with Crippen LogP contribution in [0.4, 0.5) is 5.69 Å². The van der Waals surface area contributed by atoms with E-state index in [1.54, 1.807) is 73.9 Å². The van der Waals surface area contributed by atoms with Crippen LogP contribution in [0.1, 0.15) is 15.9 Å². The first-order valence-electron chi connectivity index (χ1n) is 10.7. The van der Waals surface area contributed by atoms with E-state index < -0.39 is 5.56 Å². The number of hydrogen-bond acceptors (Lipinski definition) is 7. The van der Waals surface area contributed by atoms with Crippen LogP contribution in [0.5, 0.6) is 5.75 Å². The SMILES string of the molecule is COc1ccc(-n2nc(Sc3nc4ccccc4s3)c(C)c(NC(=O)c3ccccc3)c2=O)cc1.Cl. The Morgan fingerprint density at radius 1 is 1.00 bits per heavy atom. The fourth-order valence-corrected chi connectivity index (χ4v) is 5.54. The van der Waals surface area contributed by atoms with E-state index in [1.807, 2.05) is 30.3 Å². The van der Waals surface area contributed by atoms with E-state index in [9.17, 15) is 9.59 Å². The average molecular weight is 537 g/mol. The van der Waals surface area contributed by atoms with Gasteiger partial charge >= 0.3 is 0 Å². The highest BCUT2D eigenvalue weighted by Gasteiger charge is 2.20. The average Bonchev–Trinajstić information content (AvgIpc) is 3.31. The minimum atomic E-state index is -0.425. The fraction of sp³-hybridized carbons (Fsp3) is 0.0769. The van der Waals surface area contributed by atoms with Crippen molar-refractivity contribution >= 4 is 57.3 Å². The number of thiazole rings is 1.